The van der Waals surface area contributed by atoms with Crippen molar-refractivity contribution in [3.63, 3.8) is 0 Å². The van der Waals surface area contributed by atoms with E-state index < -0.39 is 12.0 Å². The first-order valence-corrected chi connectivity index (χ1v) is 7.05. The van der Waals surface area contributed by atoms with Gasteiger partial charge in [0, 0.05) is 6.54 Å². The van der Waals surface area contributed by atoms with E-state index in [-0.39, 0.29) is 11.2 Å². The summed E-state index contributed by atoms with van der Waals surface area (Å²) in [5.74, 6) is -0.392. The Bertz CT molecular complexity index is 480. The summed E-state index contributed by atoms with van der Waals surface area (Å²) in [6.45, 7) is 6.66. The Morgan fingerprint density at radius 1 is 1.38 bits per heavy atom. The molecule has 3 N–H and O–H groups in total. The van der Waals surface area contributed by atoms with Crippen molar-refractivity contribution in [1.82, 2.24) is 5.32 Å². The maximum Gasteiger partial charge on any atom is 0.320 e. The zero-order valence-electron chi connectivity index (χ0n) is 13.1. The molecular weight excluding hydrogens is 270 g/mol. The van der Waals surface area contributed by atoms with Gasteiger partial charge in [-0.25, -0.2) is 0 Å². The number of carboxylic acid groups (broad SMARTS) is 1. The van der Waals surface area contributed by atoms with Gasteiger partial charge < -0.3 is 20.3 Å². The van der Waals surface area contributed by atoms with Crippen LogP contribution in [0.1, 0.15) is 39.2 Å². The molecule has 1 atom stereocenters. The molecule has 5 nitrogen and oxygen atoms in total. The van der Waals surface area contributed by atoms with Crippen molar-refractivity contribution in [1.29, 1.82) is 0 Å². The molecule has 0 amide bonds. The Morgan fingerprint density at radius 2 is 2.05 bits per heavy atom. The van der Waals surface area contributed by atoms with E-state index >= 15 is 0 Å². The molecule has 1 rings (SSSR count). The summed E-state index contributed by atoms with van der Waals surface area (Å²) in [5.41, 5.74) is 0.920. The Morgan fingerprint density at radius 3 is 2.52 bits per heavy atom. The summed E-state index contributed by atoms with van der Waals surface area (Å²) in [5, 5.41) is 22.0. The topological polar surface area (TPSA) is 78.8 Å². The lowest BCUT2D eigenvalue weighted by Crippen LogP contribution is -2.37. The minimum atomic E-state index is -0.850. The fourth-order valence-electron chi connectivity index (χ4n) is 1.98. The van der Waals surface area contributed by atoms with Crippen LogP contribution in [0, 0.1) is 5.41 Å². The van der Waals surface area contributed by atoms with Gasteiger partial charge in [-0.3, -0.25) is 4.79 Å². The van der Waals surface area contributed by atoms with Gasteiger partial charge in [-0.2, -0.15) is 0 Å². The molecule has 0 bridgehead atoms. The summed E-state index contributed by atoms with van der Waals surface area (Å²) >= 11 is 0. The lowest BCUT2D eigenvalue weighted by Gasteiger charge is -2.21. The number of rotatable bonds is 7. The third kappa shape index (κ3) is 6.04. The number of nitrogens with one attached hydrogen (secondary N) is 1. The van der Waals surface area contributed by atoms with E-state index in [1.807, 2.05) is 0 Å². The van der Waals surface area contributed by atoms with Crippen LogP contribution in [0.3, 0.4) is 0 Å². The van der Waals surface area contributed by atoms with Crippen LogP contribution in [0.2, 0.25) is 0 Å². The minimum absolute atomic E-state index is 0.0540. The first-order chi connectivity index (χ1) is 9.73. The molecule has 1 unspecified atom stereocenters. The second kappa shape index (κ2) is 7.31. The molecule has 0 aliphatic heterocycles. The van der Waals surface area contributed by atoms with Crippen LogP contribution in [-0.2, 0) is 11.3 Å². The highest BCUT2D eigenvalue weighted by Crippen LogP contribution is 2.26. The first kappa shape index (κ1) is 17.3. The summed E-state index contributed by atoms with van der Waals surface area (Å²) in [6, 6.07) is 4.45. The quantitative estimate of drug-likeness (QED) is 0.721. The molecule has 5 heteroatoms. The Labute approximate surface area is 125 Å². The van der Waals surface area contributed by atoms with Crippen molar-refractivity contribution < 1.29 is 19.7 Å². The highest BCUT2D eigenvalue weighted by molar-refractivity contribution is 5.73. The number of hydrogen-bond donors (Lipinski definition) is 3. The number of aliphatic carboxylic acids is 1. The third-order valence-electron chi connectivity index (χ3n) is 3.28. The molecule has 1 aromatic rings. The SMILES string of the molecule is COc1ccc(CNC(CCC(C)(C)C)C(=O)O)cc1O. The van der Waals surface area contributed by atoms with Crippen LogP contribution >= 0.6 is 0 Å². The van der Waals surface area contributed by atoms with E-state index in [0.717, 1.165) is 12.0 Å². The van der Waals surface area contributed by atoms with Gasteiger partial charge in [0.15, 0.2) is 11.5 Å². The largest absolute Gasteiger partial charge is 0.504 e. The standard InChI is InChI=1S/C16H25NO4/c1-16(2,3)8-7-12(15(19)20)17-10-11-5-6-14(21-4)13(18)9-11/h5-6,9,12,17-18H,7-8,10H2,1-4H3,(H,19,20). The van der Waals surface area contributed by atoms with Crippen molar-refractivity contribution in [3.8, 4) is 11.5 Å². The van der Waals surface area contributed by atoms with Gasteiger partial charge in [0.05, 0.1) is 7.11 Å². The molecule has 1 aromatic carbocycles. The lowest BCUT2D eigenvalue weighted by atomic mass is 9.88. The molecule has 0 spiro atoms. The number of hydrogen-bond acceptors (Lipinski definition) is 4. The molecular formula is C16H25NO4. The van der Waals surface area contributed by atoms with E-state index in [1.165, 1.54) is 7.11 Å². The average molecular weight is 295 g/mol. The Balaban J connectivity index is 2.61. The first-order valence-electron chi connectivity index (χ1n) is 7.05. The zero-order valence-corrected chi connectivity index (χ0v) is 13.1. The molecule has 21 heavy (non-hydrogen) atoms. The second-order valence-electron chi connectivity index (χ2n) is 6.38. The number of methoxy groups -OCH3 is 1. The van der Waals surface area contributed by atoms with Crippen molar-refractivity contribution in [3.05, 3.63) is 23.8 Å². The molecule has 0 fully saturated rings. The number of carboxylic acids is 1. The van der Waals surface area contributed by atoms with E-state index in [9.17, 15) is 15.0 Å². The van der Waals surface area contributed by atoms with Gasteiger partial charge in [-0.1, -0.05) is 26.8 Å². The summed E-state index contributed by atoms with van der Waals surface area (Å²) in [6.07, 6.45) is 1.39. The smallest absolute Gasteiger partial charge is 0.320 e. The Hall–Kier alpha value is -1.75. The summed E-state index contributed by atoms with van der Waals surface area (Å²) in [7, 11) is 1.49. The maximum atomic E-state index is 11.3. The molecule has 0 heterocycles. The van der Waals surface area contributed by atoms with Crippen molar-refractivity contribution in [2.45, 2.75) is 46.2 Å². The number of carbonyl (C=O) groups is 1. The maximum absolute atomic E-state index is 11.3. The molecule has 0 radical (unpaired) electrons. The van der Waals surface area contributed by atoms with E-state index in [0.29, 0.717) is 18.7 Å². The molecule has 0 saturated heterocycles. The van der Waals surface area contributed by atoms with Crippen LogP contribution in [0.4, 0.5) is 0 Å². The highest BCUT2D eigenvalue weighted by atomic mass is 16.5. The monoisotopic (exact) mass is 295 g/mol. The van der Waals surface area contributed by atoms with Crippen LogP contribution in [-0.4, -0.2) is 29.3 Å². The predicted octanol–water partition coefficient (Wildman–Crippen LogP) is 2.77. The molecule has 0 aromatic heterocycles. The van der Waals surface area contributed by atoms with Gasteiger partial charge >= 0.3 is 5.97 Å². The van der Waals surface area contributed by atoms with Crippen molar-refractivity contribution in [2.24, 2.45) is 5.41 Å². The van der Waals surface area contributed by atoms with Crippen molar-refractivity contribution in [2.75, 3.05) is 7.11 Å². The summed E-state index contributed by atoms with van der Waals surface area (Å²) in [4.78, 5) is 11.3. The number of phenols is 1. The van der Waals surface area contributed by atoms with Crippen molar-refractivity contribution >= 4 is 5.97 Å². The van der Waals surface area contributed by atoms with E-state index in [1.54, 1.807) is 18.2 Å². The van der Waals surface area contributed by atoms with Gasteiger partial charge in [0.25, 0.3) is 0 Å². The summed E-state index contributed by atoms with van der Waals surface area (Å²) < 4.78 is 4.98. The average Bonchev–Trinajstić information content (AvgIpc) is 2.37. The van der Waals surface area contributed by atoms with E-state index in [2.05, 4.69) is 26.1 Å². The molecule has 0 saturated carbocycles. The normalized spacial score (nSPS) is 13.0. The van der Waals surface area contributed by atoms with Gasteiger partial charge in [-0.15, -0.1) is 0 Å². The number of phenolic OH excluding ortho intramolecular Hbond substituents is 1. The predicted molar refractivity (Wildman–Crippen MR) is 81.6 cm³/mol. The fraction of sp³-hybridized carbons (Fsp3) is 0.562. The van der Waals surface area contributed by atoms with Crippen LogP contribution in [0.5, 0.6) is 11.5 Å². The Kier molecular flexibility index (Phi) is 6.03. The number of aromatic hydroxyl groups is 1. The fourth-order valence-corrected chi connectivity index (χ4v) is 1.98. The van der Waals surface area contributed by atoms with Gasteiger partial charge in [0.2, 0.25) is 0 Å². The molecule has 0 aliphatic carbocycles. The number of ether oxygens (including phenoxy) is 1. The molecule has 118 valence electrons. The third-order valence-corrected chi connectivity index (χ3v) is 3.28. The van der Waals surface area contributed by atoms with Gasteiger partial charge in [0.1, 0.15) is 6.04 Å². The van der Waals surface area contributed by atoms with E-state index in [4.69, 9.17) is 4.74 Å². The second-order valence-corrected chi connectivity index (χ2v) is 6.38. The minimum Gasteiger partial charge on any atom is -0.504 e. The van der Waals surface area contributed by atoms with Crippen LogP contribution in [0.15, 0.2) is 18.2 Å². The lowest BCUT2D eigenvalue weighted by molar-refractivity contribution is -0.139. The van der Waals surface area contributed by atoms with Gasteiger partial charge in [-0.05, 0) is 36.0 Å². The molecule has 0 aliphatic rings. The number of benzene rings is 1. The highest BCUT2D eigenvalue weighted by Gasteiger charge is 2.20. The zero-order chi connectivity index (χ0) is 16.0. The van der Waals surface area contributed by atoms with Crippen LogP contribution in [0.25, 0.3) is 0 Å². The van der Waals surface area contributed by atoms with Crippen LogP contribution < -0.4 is 10.1 Å².